The number of rotatable bonds is 6. The molecule has 9 heteroatoms. The number of nitrogens with zero attached hydrogens (tertiary/aromatic N) is 4. The average Bonchev–Trinajstić information content (AvgIpc) is 2.74. The Labute approximate surface area is 182 Å². The minimum Gasteiger partial charge on any atom is -0.465 e. The molecule has 1 unspecified atom stereocenters. The zero-order valence-electron chi connectivity index (χ0n) is 17.6. The van der Waals surface area contributed by atoms with Crippen LogP contribution < -0.4 is 16.1 Å². The molecule has 1 aromatic heterocycles. The number of halogens is 1. The highest BCUT2D eigenvalue weighted by molar-refractivity contribution is 5.85. The lowest BCUT2D eigenvalue weighted by molar-refractivity contribution is -0.149. The molecule has 0 saturated carbocycles. The van der Waals surface area contributed by atoms with Crippen molar-refractivity contribution in [2.24, 2.45) is 14.1 Å². The monoisotopic (exact) mass is 436 g/mol. The summed E-state index contributed by atoms with van der Waals surface area (Å²) >= 11 is 0. The molecule has 1 atom stereocenters. The quantitative estimate of drug-likeness (QED) is 0.623. The standard InChI is InChI=1S/C21H28N4O4.ClH/c1-4-29-20(27)17(14-16-8-6-5-7-9-16)24-10-12-25(13-11-24)18-15-19(26)23(3)21(28)22(18)2;/h5-9,15,17H,4,10-14H2,1-3H3;1H. The fourth-order valence-corrected chi connectivity index (χ4v) is 3.72. The molecule has 1 aromatic carbocycles. The minimum absolute atomic E-state index is 0. The van der Waals surface area contributed by atoms with E-state index in [1.807, 2.05) is 42.2 Å². The highest BCUT2D eigenvalue weighted by Crippen LogP contribution is 2.17. The van der Waals surface area contributed by atoms with Crippen LogP contribution >= 0.6 is 12.4 Å². The summed E-state index contributed by atoms with van der Waals surface area (Å²) < 4.78 is 7.90. The minimum atomic E-state index is -0.355. The lowest BCUT2D eigenvalue weighted by Gasteiger charge is -2.39. The van der Waals surface area contributed by atoms with Gasteiger partial charge in [-0.1, -0.05) is 30.3 Å². The molecular weight excluding hydrogens is 408 g/mol. The Morgan fingerprint density at radius 1 is 1.03 bits per heavy atom. The Hall–Kier alpha value is -2.58. The maximum atomic E-state index is 12.6. The molecule has 3 rings (SSSR count). The Morgan fingerprint density at radius 2 is 1.67 bits per heavy atom. The number of hydrogen-bond donors (Lipinski definition) is 0. The molecule has 2 heterocycles. The summed E-state index contributed by atoms with van der Waals surface area (Å²) in [6.07, 6.45) is 0.587. The molecule has 8 nitrogen and oxygen atoms in total. The van der Waals surface area contributed by atoms with Gasteiger partial charge in [0.05, 0.1) is 6.61 Å². The molecule has 0 amide bonds. The molecule has 0 bridgehead atoms. The molecule has 0 aliphatic carbocycles. The van der Waals surface area contributed by atoms with Crippen molar-refractivity contribution in [2.45, 2.75) is 19.4 Å². The zero-order valence-corrected chi connectivity index (χ0v) is 18.4. The first-order valence-corrected chi connectivity index (χ1v) is 9.89. The number of anilines is 1. The number of hydrogen-bond acceptors (Lipinski definition) is 6. The predicted molar refractivity (Wildman–Crippen MR) is 119 cm³/mol. The molecule has 1 saturated heterocycles. The summed E-state index contributed by atoms with van der Waals surface area (Å²) in [7, 11) is 3.14. The molecule has 30 heavy (non-hydrogen) atoms. The van der Waals surface area contributed by atoms with Gasteiger partial charge in [-0.05, 0) is 18.9 Å². The third-order valence-corrected chi connectivity index (χ3v) is 5.41. The Morgan fingerprint density at radius 3 is 2.27 bits per heavy atom. The number of carbonyl (C=O) groups excluding carboxylic acids is 1. The van der Waals surface area contributed by atoms with Crippen LogP contribution in [0.2, 0.25) is 0 Å². The fourth-order valence-electron chi connectivity index (χ4n) is 3.72. The van der Waals surface area contributed by atoms with Gasteiger partial charge in [0.2, 0.25) is 0 Å². The molecule has 0 spiro atoms. The summed E-state index contributed by atoms with van der Waals surface area (Å²) in [4.78, 5) is 41.0. The van der Waals surface area contributed by atoms with Gasteiger partial charge in [-0.15, -0.1) is 12.4 Å². The van der Waals surface area contributed by atoms with Gasteiger partial charge in [-0.2, -0.15) is 0 Å². The van der Waals surface area contributed by atoms with Crippen LogP contribution in [-0.4, -0.2) is 58.8 Å². The topological polar surface area (TPSA) is 76.8 Å². The average molecular weight is 437 g/mol. The van der Waals surface area contributed by atoms with Crippen LogP contribution in [0.25, 0.3) is 0 Å². The summed E-state index contributed by atoms with van der Waals surface area (Å²) in [6, 6.07) is 11.0. The van der Waals surface area contributed by atoms with Crippen LogP contribution in [0.3, 0.4) is 0 Å². The van der Waals surface area contributed by atoms with Gasteiger partial charge in [0.1, 0.15) is 11.9 Å². The largest absolute Gasteiger partial charge is 0.465 e. The van der Waals surface area contributed by atoms with Crippen LogP contribution in [0, 0.1) is 0 Å². The van der Waals surface area contributed by atoms with Crippen molar-refractivity contribution < 1.29 is 9.53 Å². The van der Waals surface area contributed by atoms with Crippen molar-refractivity contribution in [1.82, 2.24) is 14.0 Å². The van der Waals surface area contributed by atoms with Crippen LogP contribution in [-0.2, 0) is 30.0 Å². The number of aromatic nitrogens is 2. The van der Waals surface area contributed by atoms with Crippen molar-refractivity contribution in [1.29, 1.82) is 0 Å². The van der Waals surface area contributed by atoms with Crippen molar-refractivity contribution in [2.75, 3.05) is 37.7 Å². The van der Waals surface area contributed by atoms with Gasteiger partial charge in [0, 0.05) is 46.3 Å². The summed E-state index contributed by atoms with van der Waals surface area (Å²) in [6.45, 7) is 4.67. The second-order valence-electron chi connectivity index (χ2n) is 7.22. The SMILES string of the molecule is CCOC(=O)C(Cc1ccccc1)N1CCN(c2cc(=O)n(C)c(=O)n2C)CC1.Cl. The Bertz CT molecular complexity index is 965. The molecular formula is C21H29ClN4O4. The molecule has 2 aromatic rings. The van der Waals surface area contributed by atoms with E-state index >= 15 is 0 Å². The maximum absolute atomic E-state index is 12.6. The van der Waals surface area contributed by atoms with Crippen LogP contribution in [0.1, 0.15) is 12.5 Å². The van der Waals surface area contributed by atoms with Gasteiger partial charge in [-0.25, -0.2) is 4.79 Å². The summed E-state index contributed by atoms with van der Waals surface area (Å²) in [5.74, 6) is 0.388. The smallest absolute Gasteiger partial charge is 0.332 e. The molecule has 164 valence electrons. The normalized spacial score (nSPS) is 15.4. The Kier molecular flexibility index (Phi) is 8.25. The van der Waals surface area contributed by atoms with Crippen LogP contribution in [0.5, 0.6) is 0 Å². The first kappa shape index (κ1) is 23.7. The van der Waals surface area contributed by atoms with Crippen molar-refractivity contribution in [3.8, 4) is 0 Å². The highest BCUT2D eigenvalue weighted by Gasteiger charge is 2.31. The number of benzene rings is 1. The molecule has 1 aliphatic heterocycles. The maximum Gasteiger partial charge on any atom is 0.332 e. The number of ether oxygens (including phenoxy) is 1. The third-order valence-electron chi connectivity index (χ3n) is 5.41. The summed E-state index contributed by atoms with van der Waals surface area (Å²) in [5, 5.41) is 0. The first-order valence-electron chi connectivity index (χ1n) is 9.89. The lowest BCUT2D eigenvalue weighted by atomic mass is 10.0. The van der Waals surface area contributed by atoms with E-state index in [0.29, 0.717) is 45.0 Å². The van der Waals surface area contributed by atoms with Gasteiger partial charge in [-0.3, -0.25) is 23.6 Å². The number of carbonyl (C=O) groups is 1. The number of piperazine rings is 1. The highest BCUT2D eigenvalue weighted by atomic mass is 35.5. The molecule has 1 fully saturated rings. The lowest BCUT2D eigenvalue weighted by Crippen LogP contribution is -2.55. The predicted octanol–water partition coefficient (Wildman–Crippen LogP) is 0.802. The van der Waals surface area contributed by atoms with Crippen molar-refractivity contribution in [3.63, 3.8) is 0 Å². The first-order chi connectivity index (χ1) is 13.9. The van der Waals surface area contributed by atoms with Crippen LogP contribution in [0.15, 0.2) is 46.0 Å². The van der Waals surface area contributed by atoms with E-state index in [2.05, 4.69) is 4.90 Å². The van der Waals surface area contributed by atoms with E-state index in [0.717, 1.165) is 10.1 Å². The second kappa shape index (κ2) is 10.4. The third kappa shape index (κ3) is 5.12. The van der Waals surface area contributed by atoms with Gasteiger partial charge in [0.25, 0.3) is 5.56 Å². The second-order valence-corrected chi connectivity index (χ2v) is 7.22. The van der Waals surface area contributed by atoms with E-state index in [-0.39, 0.29) is 35.7 Å². The van der Waals surface area contributed by atoms with Crippen molar-refractivity contribution in [3.05, 3.63) is 62.8 Å². The van der Waals surface area contributed by atoms with Gasteiger partial charge >= 0.3 is 11.7 Å². The van der Waals surface area contributed by atoms with E-state index in [1.165, 1.54) is 17.7 Å². The zero-order chi connectivity index (χ0) is 21.0. The number of esters is 1. The van der Waals surface area contributed by atoms with E-state index in [4.69, 9.17) is 4.74 Å². The van der Waals surface area contributed by atoms with Gasteiger partial charge < -0.3 is 9.64 Å². The van der Waals surface area contributed by atoms with Gasteiger partial charge in [0.15, 0.2) is 0 Å². The van der Waals surface area contributed by atoms with Crippen LogP contribution in [0.4, 0.5) is 5.82 Å². The van der Waals surface area contributed by atoms with E-state index < -0.39 is 0 Å². The molecule has 1 aliphatic rings. The molecule has 0 N–H and O–H groups in total. The fraction of sp³-hybridized carbons (Fsp3) is 0.476. The van der Waals surface area contributed by atoms with E-state index in [9.17, 15) is 14.4 Å². The molecule has 0 radical (unpaired) electrons. The summed E-state index contributed by atoms with van der Waals surface area (Å²) in [5.41, 5.74) is 0.421. The Balaban J connectivity index is 0.00000320. The van der Waals surface area contributed by atoms with Crippen molar-refractivity contribution >= 4 is 24.2 Å². The van der Waals surface area contributed by atoms with E-state index in [1.54, 1.807) is 7.05 Å².